The molecule has 0 fully saturated rings. The number of aromatic nitrogens is 6. The summed E-state index contributed by atoms with van der Waals surface area (Å²) < 4.78 is 9.18. The molecule has 4 aromatic rings. The Balaban J connectivity index is 0.000000166. The third kappa shape index (κ3) is 4.12. The van der Waals surface area contributed by atoms with Crippen molar-refractivity contribution in [3.05, 3.63) is 56.8 Å². The topological polar surface area (TPSA) is 130 Å². The Morgan fingerprint density at radius 2 is 1.38 bits per heavy atom. The minimum atomic E-state index is -0.555. The number of esters is 1. The van der Waals surface area contributed by atoms with E-state index in [-0.39, 0.29) is 11.4 Å². The van der Waals surface area contributed by atoms with Crippen LogP contribution in [-0.2, 0) is 4.74 Å². The summed E-state index contributed by atoms with van der Waals surface area (Å²) in [6, 6.07) is 0. The van der Waals surface area contributed by atoms with Gasteiger partial charge in [-0.1, -0.05) is 0 Å². The van der Waals surface area contributed by atoms with E-state index in [9.17, 15) is 9.59 Å². The lowest BCUT2D eigenvalue weighted by molar-refractivity contribution is 0.0593. The molecule has 29 heavy (non-hydrogen) atoms. The fraction of sp³-hybridized carbons (Fsp3) is 0.176. The molecular formula is C17H15Br2N7O3. The summed E-state index contributed by atoms with van der Waals surface area (Å²) in [5, 5.41) is 0. The van der Waals surface area contributed by atoms with Crippen LogP contribution in [0.5, 0.6) is 0 Å². The predicted molar refractivity (Wildman–Crippen MR) is 111 cm³/mol. The number of hydrogen-bond donors (Lipinski definition) is 1. The van der Waals surface area contributed by atoms with Crippen LogP contribution in [0.4, 0.5) is 0 Å². The second-order valence-electron chi connectivity index (χ2n) is 5.88. The van der Waals surface area contributed by atoms with Gasteiger partial charge in [0.05, 0.1) is 7.11 Å². The van der Waals surface area contributed by atoms with Crippen molar-refractivity contribution >= 4 is 55.0 Å². The fourth-order valence-electron chi connectivity index (χ4n) is 2.46. The van der Waals surface area contributed by atoms with Crippen LogP contribution in [0.25, 0.3) is 11.3 Å². The number of methoxy groups -OCH3 is 1. The molecule has 0 atom stereocenters. The van der Waals surface area contributed by atoms with Crippen molar-refractivity contribution in [2.45, 2.75) is 13.8 Å². The van der Waals surface area contributed by atoms with Gasteiger partial charge in [0.15, 0.2) is 17.0 Å². The number of primary amides is 1. The highest BCUT2D eigenvalue weighted by Gasteiger charge is 2.13. The van der Waals surface area contributed by atoms with Crippen LogP contribution in [0.2, 0.25) is 0 Å². The number of rotatable bonds is 2. The molecule has 4 heterocycles. The van der Waals surface area contributed by atoms with Gasteiger partial charge in [-0.3, -0.25) is 13.6 Å². The number of imidazole rings is 2. The summed E-state index contributed by atoms with van der Waals surface area (Å²) in [5.74, 6) is -1.02. The summed E-state index contributed by atoms with van der Waals surface area (Å²) in [7, 11) is 1.32. The van der Waals surface area contributed by atoms with E-state index in [2.05, 4.69) is 56.5 Å². The van der Waals surface area contributed by atoms with Crippen molar-refractivity contribution in [3.8, 4) is 0 Å². The van der Waals surface area contributed by atoms with Gasteiger partial charge < -0.3 is 10.5 Å². The lowest BCUT2D eigenvalue weighted by Crippen LogP contribution is -2.14. The van der Waals surface area contributed by atoms with E-state index in [1.165, 1.54) is 7.11 Å². The van der Waals surface area contributed by atoms with E-state index in [1.54, 1.807) is 33.6 Å². The zero-order chi connectivity index (χ0) is 21.3. The maximum absolute atomic E-state index is 11.3. The van der Waals surface area contributed by atoms with Gasteiger partial charge in [0.1, 0.15) is 14.9 Å². The van der Waals surface area contributed by atoms with Gasteiger partial charge in [0.2, 0.25) is 0 Å². The standard InChI is InChI=1S/C9H8BrN3O2.C8H7BrN4O/c1-5-3-11-8-7(10)12-6(4-13(5)8)9(14)15-2;1-4-2-11-8-6(9)12-5(7(10)14)3-13(4)8/h3-4H,1-2H3;2-3H,1H3,(H2,10,14). The zero-order valence-electron chi connectivity index (χ0n) is 15.6. The molecule has 0 saturated heterocycles. The Kier molecular flexibility index (Phi) is 5.94. The Hall–Kier alpha value is -2.86. The van der Waals surface area contributed by atoms with Gasteiger partial charge in [-0.05, 0) is 45.7 Å². The van der Waals surface area contributed by atoms with Crippen LogP contribution in [0.15, 0.2) is 34.0 Å². The van der Waals surface area contributed by atoms with E-state index < -0.39 is 11.9 Å². The van der Waals surface area contributed by atoms with Gasteiger partial charge in [-0.25, -0.2) is 24.7 Å². The van der Waals surface area contributed by atoms with Crippen LogP contribution in [0.1, 0.15) is 32.4 Å². The number of nitrogens with zero attached hydrogens (tertiary/aromatic N) is 6. The van der Waals surface area contributed by atoms with Crippen molar-refractivity contribution in [2.24, 2.45) is 5.73 Å². The Morgan fingerprint density at radius 3 is 1.83 bits per heavy atom. The maximum Gasteiger partial charge on any atom is 0.358 e. The SMILES string of the molecule is COC(=O)c1cn2c(C)cnc2c(Br)n1.Cc1cnc2c(Br)nc(C(N)=O)cn12. The van der Waals surface area contributed by atoms with Gasteiger partial charge >= 0.3 is 5.97 Å². The van der Waals surface area contributed by atoms with E-state index in [0.717, 1.165) is 11.4 Å². The number of amides is 1. The van der Waals surface area contributed by atoms with Gasteiger partial charge in [-0.15, -0.1) is 0 Å². The molecule has 150 valence electrons. The smallest absolute Gasteiger partial charge is 0.358 e. The van der Waals surface area contributed by atoms with E-state index >= 15 is 0 Å². The first-order valence-electron chi connectivity index (χ1n) is 8.11. The average molecular weight is 525 g/mol. The monoisotopic (exact) mass is 523 g/mol. The second-order valence-corrected chi connectivity index (χ2v) is 7.38. The number of nitrogens with two attached hydrogens (primary N) is 1. The molecular weight excluding hydrogens is 510 g/mol. The number of hydrogen-bond acceptors (Lipinski definition) is 7. The molecule has 4 aromatic heterocycles. The molecule has 0 unspecified atom stereocenters. The minimum Gasteiger partial charge on any atom is -0.464 e. The normalized spacial score (nSPS) is 10.7. The first-order chi connectivity index (χ1) is 13.7. The first kappa shape index (κ1) is 20.9. The minimum absolute atomic E-state index is 0.213. The number of fused-ring (bicyclic) bond motifs is 2. The average Bonchev–Trinajstić information content (AvgIpc) is 3.25. The zero-order valence-corrected chi connectivity index (χ0v) is 18.7. The molecule has 0 aliphatic heterocycles. The number of carbonyl (C=O) groups is 2. The maximum atomic E-state index is 11.3. The van der Waals surface area contributed by atoms with Crippen molar-refractivity contribution in [3.63, 3.8) is 0 Å². The molecule has 4 rings (SSSR count). The molecule has 2 N–H and O–H groups in total. The highest BCUT2D eigenvalue weighted by Crippen LogP contribution is 2.17. The van der Waals surface area contributed by atoms with E-state index in [1.807, 2.05) is 13.8 Å². The van der Waals surface area contributed by atoms with E-state index in [0.29, 0.717) is 20.5 Å². The van der Waals surface area contributed by atoms with Crippen LogP contribution >= 0.6 is 31.9 Å². The molecule has 12 heteroatoms. The summed E-state index contributed by atoms with van der Waals surface area (Å²) >= 11 is 6.48. The summed E-state index contributed by atoms with van der Waals surface area (Å²) in [5.41, 5.74) is 8.80. The third-order valence-corrected chi connectivity index (χ3v) is 4.98. The van der Waals surface area contributed by atoms with Crippen LogP contribution in [0, 0.1) is 13.8 Å². The van der Waals surface area contributed by atoms with Gasteiger partial charge in [0.25, 0.3) is 5.91 Å². The van der Waals surface area contributed by atoms with Gasteiger partial charge in [-0.2, -0.15) is 0 Å². The molecule has 0 saturated carbocycles. The highest BCUT2D eigenvalue weighted by molar-refractivity contribution is 9.10. The Morgan fingerprint density at radius 1 is 0.931 bits per heavy atom. The number of ether oxygens (including phenoxy) is 1. The van der Waals surface area contributed by atoms with Crippen LogP contribution in [-0.4, -0.2) is 47.7 Å². The van der Waals surface area contributed by atoms with Crippen LogP contribution in [0.3, 0.4) is 0 Å². The molecule has 0 spiro atoms. The summed E-state index contributed by atoms with van der Waals surface area (Å²) in [4.78, 5) is 38.5. The lowest BCUT2D eigenvalue weighted by atomic mass is 10.4. The molecule has 1 amide bonds. The van der Waals surface area contributed by atoms with Crippen molar-refractivity contribution in [1.82, 2.24) is 28.7 Å². The molecule has 0 aliphatic rings. The second kappa shape index (κ2) is 8.25. The van der Waals surface area contributed by atoms with Crippen molar-refractivity contribution in [2.75, 3.05) is 7.11 Å². The molecule has 10 nitrogen and oxygen atoms in total. The summed E-state index contributed by atoms with van der Waals surface area (Å²) in [6.45, 7) is 3.78. The molecule has 0 radical (unpaired) electrons. The quantitative estimate of drug-likeness (QED) is 0.398. The molecule has 0 aliphatic carbocycles. The largest absolute Gasteiger partial charge is 0.464 e. The first-order valence-corrected chi connectivity index (χ1v) is 9.70. The fourth-order valence-corrected chi connectivity index (χ4v) is 3.43. The lowest BCUT2D eigenvalue weighted by Gasteiger charge is -2.02. The highest BCUT2D eigenvalue weighted by atomic mass is 79.9. The Labute approximate surface area is 181 Å². The number of halogens is 2. The molecule has 0 bridgehead atoms. The summed E-state index contributed by atoms with van der Waals surface area (Å²) in [6.07, 6.45) is 6.59. The van der Waals surface area contributed by atoms with Gasteiger partial charge in [0, 0.05) is 36.2 Å². The predicted octanol–water partition coefficient (Wildman–Crippen LogP) is 2.49. The van der Waals surface area contributed by atoms with Crippen molar-refractivity contribution in [1.29, 1.82) is 0 Å². The van der Waals surface area contributed by atoms with Crippen molar-refractivity contribution < 1.29 is 14.3 Å². The van der Waals surface area contributed by atoms with E-state index in [4.69, 9.17) is 5.73 Å². The van der Waals surface area contributed by atoms with Crippen LogP contribution < -0.4 is 5.73 Å². The molecule has 0 aromatic carbocycles. The number of aryl methyl sites for hydroxylation is 2. The number of carbonyl (C=O) groups excluding carboxylic acids is 2. The Bertz CT molecular complexity index is 1250. The third-order valence-electron chi connectivity index (χ3n) is 3.92.